The van der Waals surface area contributed by atoms with E-state index in [1.165, 1.54) is 5.56 Å². The molecule has 4 heteroatoms. The van der Waals surface area contributed by atoms with Gasteiger partial charge in [-0.15, -0.1) is 0 Å². The van der Waals surface area contributed by atoms with E-state index in [0.717, 1.165) is 28.7 Å². The lowest BCUT2D eigenvalue weighted by atomic mass is 9.91. The fraction of sp³-hybridized carbons (Fsp3) is 0.474. The maximum Gasteiger partial charge on any atom is 0.227 e. The number of fused-ring (bicyclic) bond motifs is 1. The SMILES string of the molecule is CCNC(=O)C(C)(C)CNc1c(CC)c(C)nc2ccccc12. The summed E-state index contributed by atoms with van der Waals surface area (Å²) in [5.74, 6) is 0.0700. The molecule has 0 saturated heterocycles. The summed E-state index contributed by atoms with van der Waals surface area (Å²) < 4.78 is 0. The molecule has 0 fully saturated rings. The van der Waals surface area contributed by atoms with Crippen molar-refractivity contribution in [2.45, 2.75) is 41.0 Å². The van der Waals surface area contributed by atoms with Crippen molar-refractivity contribution in [1.29, 1.82) is 0 Å². The Hall–Kier alpha value is -2.10. The van der Waals surface area contributed by atoms with Crippen LogP contribution in [0.3, 0.4) is 0 Å². The molecule has 1 heterocycles. The first-order valence-corrected chi connectivity index (χ1v) is 8.31. The Balaban J connectivity index is 2.37. The van der Waals surface area contributed by atoms with Crippen molar-refractivity contribution in [3.05, 3.63) is 35.5 Å². The van der Waals surface area contributed by atoms with Crippen molar-refractivity contribution in [3.8, 4) is 0 Å². The number of aromatic nitrogens is 1. The Bertz CT molecular complexity index is 707. The fourth-order valence-electron chi connectivity index (χ4n) is 2.80. The first kappa shape index (κ1) is 17.3. The third-order valence-corrected chi connectivity index (χ3v) is 4.21. The molecule has 0 unspecified atom stereocenters. The number of hydrogen-bond donors (Lipinski definition) is 2. The lowest BCUT2D eigenvalue weighted by Crippen LogP contribution is -2.41. The van der Waals surface area contributed by atoms with E-state index < -0.39 is 5.41 Å². The van der Waals surface area contributed by atoms with Gasteiger partial charge in [-0.3, -0.25) is 9.78 Å². The molecule has 2 N–H and O–H groups in total. The molecule has 4 nitrogen and oxygen atoms in total. The standard InChI is InChI=1S/C19H27N3O/c1-6-14-13(3)22-16-11-9-8-10-15(16)17(14)21-12-19(4,5)18(23)20-7-2/h8-11H,6-7,12H2,1-5H3,(H,20,23)(H,21,22). The summed E-state index contributed by atoms with van der Waals surface area (Å²) in [6.45, 7) is 11.3. The third kappa shape index (κ3) is 3.63. The molecule has 0 radical (unpaired) electrons. The number of carbonyl (C=O) groups excluding carboxylic acids is 1. The van der Waals surface area contributed by atoms with Crippen molar-refractivity contribution in [3.63, 3.8) is 0 Å². The first-order chi connectivity index (χ1) is 10.9. The molecule has 0 aliphatic heterocycles. The first-order valence-electron chi connectivity index (χ1n) is 8.31. The second kappa shape index (κ2) is 6.99. The van der Waals surface area contributed by atoms with Gasteiger partial charge in [-0.05, 0) is 45.7 Å². The lowest BCUT2D eigenvalue weighted by molar-refractivity contribution is -0.128. The predicted octanol–water partition coefficient (Wildman–Crippen LogP) is 3.68. The number of pyridine rings is 1. The number of nitrogens with one attached hydrogen (secondary N) is 2. The highest BCUT2D eigenvalue weighted by Gasteiger charge is 2.27. The predicted molar refractivity (Wildman–Crippen MR) is 96.8 cm³/mol. The molecule has 2 aromatic rings. The molecule has 124 valence electrons. The van der Waals surface area contributed by atoms with E-state index >= 15 is 0 Å². The molecule has 1 aromatic carbocycles. The number of para-hydroxylation sites is 1. The highest BCUT2D eigenvalue weighted by atomic mass is 16.2. The van der Waals surface area contributed by atoms with Gasteiger partial charge in [0, 0.05) is 29.9 Å². The van der Waals surface area contributed by atoms with Crippen LogP contribution in [0.5, 0.6) is 0 Å². The summed E-state index contributed by atoms with van der Waals surface area (Å²) >= 11 is 0. The van der Waals surface area contributed by atoms with E-state index in [1.807, 2.05) is 45.9 Å². The summed E-state index contributed by atoms with van der Waals surface area (Å²) in [6, 6.07) is 8.14. The maximum atomic E-state index is 12.2. The minimum Gasteiger partial charge on any atom is -0.383 e. The average molecular weight is 313 g/mol. The number of hydrogen-bond acceptors (Lipinski definition) is 3. The quantitative estimate of drug-likeness (QED) is 0.855. The van der Waals surface area contributed by atoms with Crippen molar-refractivity contribution < 1.29 is 4.79 Å². The molecule has 2 rings (SSSR count). The van der Waals surface area contributed by atoms with E-state index in [-0.39, 0.29) is 5.91 Å². The molecular weight excluding hydrogens is 286 g/mol. The summed E-state index contributed by atoms with van der Waals surface area (Å²) in [4.78, 5) is 16.9. The minimum atomic E-state index is -0.473. The molecule has 1 amide bonds. The Morgan fingerprint density at radius 1 is 1.22 bits per heavy atom. The van der Waals surface area contributed by atoms with Gasteiger partial charge in [0.2, 0.25) is 5.91 Å². The lowest BCUT2D eigenvalue weighted by Gasteiger charge is -2.26. The number of benzene rings is 1. The number of nitrogens with zero attached hydrogens (tertiary/aromatic N) is 1. The normalized spacial score (nSPS) is 11.5. The van der Waals surface area contributed by atoms with Crippen LogP contribution in [-0.4, -0.2) is 24.0 Å². The van der Waals surface area contributed by atoms with Crippen molar-refractivity contribution in [2.24, 2.45) is 5.41 Å². The summed E-state index contributed by atoms with van der Waals surface area (Å²) in [5.41, 5.74) is 3.88. The summed E-state index contributed by atoms with van der Waals surface area (Å²) in [6.07, 6.45) is 0.910. The van der Waals surface area contributed by atoms with Crippen LogP contribution in [0.2, 0.25) is 0 Å². The van der Waals surface area contributed by atoms with Crippen LogP contribution in [0.15, 0.2) is 24.3 Å². The number of carbonyl (C=O) groups is 1. The van der Waals surface area contributed by atoms with Gasteiger partial charge in [-0.25, -0.2) is 0 Å². The van der Waals surface area contributed by atoms with E-state index in [2.05, 4.69) is 23.6 Å². The van der Waals surface area contributed by atoms with E-state index in [1.54, 1.807) is 0 Å². The van der Waals surface area contributed by atoms with Crippen LogP contribution in [-0.2, 0) is 11.2 Å². The number of rotatable bonds is 6. The topological polar surface area (TPSA) is 54.0 Å². The Labute approximate surface area is 138 Å². The smallest absolute Gasteiger partial charge is 0.227 e. The molecule has 0 saturated carbocycles. The van der Waals surface area contributed by atoms with Gasteiger partial charge < -0.3 is 10.6 Å². The fourth-order valence-corrected chi connectivity index (χ4v) is 2.80. The molecular formula is C19H27N3O. The zero-order chi connectivity index (χ0) is 17.0. The van der Waals surface area contributed by atoms with E-state index in [9.17, 15) is 4.79 Å². The average Bonchev–Trinajstić information content (AvgIpc) is 2.52. The number of aryl methyl sites for hydroxylation is 1. The number of anilines is 1. The molecule has 0 aliphatic rings. The molecule has 0 bridgehead atoms. The largest absolute Gasteiger partial charge is 0.383 e. The van der Waals surface area contributed by atoms with Crippen LogP contribution in [0, 0.1) is 12.3 Å². The second-order valence-corrected chi connectivity index (χ2v) is 6.52. The number of amides is 1. The highest BCUT2D eigenvalue weighted by molar-refractivity contribution is 5.93. The van der Waals surface area contributed by atoms with E-state index in [4.69, 9.17) is 4.98 Å². The van der Waals surface area contributed by atoms with Crippen LogP contribution in [0.1, 0.15) is 39.0 Å². The van der Waals surface area contributed by atoms with Gasteiger partial charge in [0.25, 0.3) is 0 Å². The molecule has 0 spiro atoms. The minimum absolute atomic E-state index is 0.0700. The zero-order valence-corrected chi connectivity index (χ0v) is 14.8. The van der Waals surface area contributed by atoms with Crippen molar-refractivity contribution >= 4 is 22.5 Å². The Morgan fingerprint density at radius 2 is 1.91 bits per heavy atom. The highest BCUT2D eigenvalue weighted by Crippen LogP contribution is 2.30. The third-order valence-electron chi connectivity index (χ3n) is 4.21. The Morgan fingerprint density at radius 3 is 2.57 bits per heavy atom. The van der Waals surface area contributed by atoms with Gasteiger partial charge in [-0.1, -0.05) is 25.1 Å². The maximum absolute atomic E-state index is 12.2. The van der Waals surface area contributed by atoms with Crippen molar-refractivity contribution in [1.82, 2.24) is 10.3 Å². The molecule has 0 aliphatic carbocycles. The van der Waals surface area contributed by atoms with Crippen LogP contribution < -0.4 is 10.6 Å². The van der Waals surface area contributed by atoms with Gasteiger partial charge in [-0.2, -0.15) is 0 Å². The molecule has 1 aromatic heterocycles. The van der Waals surface area contributed by atoms with Crippen LogP contribution in [0.4, 0.5) is 5.69 Å². The zero-order valence-electron chi connectivity index (χ0n) is 14.8. The van der Waals surface area contributed by atoms with Crippen molar-refractivity contribution in [2.75, 3.05) is 18.4 Å². The summed E-state index contributed by atoms with van der Waals surface area (Å²) in [5, 5.41) is 7.55. The van der Waals surface area contributed by atoms with E-state index in [0.29, 0.717) is 13.1 Å². The molecule has 0 atom stereocenters. The monoisotopic (exact) mass is 313 g/mol. The Kier molecular flexibility index (Phi) is 5.24. The van der Waals surface area contributed by atoms with Gasteiger partial charge in [0.1, 0.15) is 0 Å². The summed E-state index contributed by atoms with van der Waals surface area (Å²) in [7, 11) is 0. The van der Waals surface area contributed by atoms with Gasteiger partial charge in [0.15, 0.2) is 0 Å². The van der Waals surface area contributed by atoms with Crippen LogP contribution >= 0.6 is 0 Å². The molecule has 23 heavy (non-hydrogen) atoms. The second-order valence-electron chi connectivity index (χ2n) is 6.52. The van der Waals surface area contributed by atoms with Gasteiger partial charge >= 0.3 is 0 Å². The van der Waals surface area contributed by atoms with Gasteiger partial charge in [0.05, 0.1) is 10.9 Å². The van der Waals surface area contributed by atoms with Crippen LogP contribution in [0.25, 0.3) is 10.9 Å².